The van der Waals surface area contributed by atoms with Crippen LogP contribution in [0.2, 0.25) is 0 Å². The van der Waals surface area contributed by atoms with E-state index in [2.05, 4.69) is 17.4 Å². The fraction of sp³-hybridized carbons (Fsp3) is 0.500. The summed E-state index contributed by atoms with van der Waals surface area (Å²) in [7, 11) is 0. The number of carboxylic acid groups (broad SMARTS) is 1. The van der Waals surface area contributed by atoms with Crippen LogP contribution in [0, 0.1) is 0 Å². The van der Waals surface area contributed by atoms with Crippen LogP contribution in [0.5, 0.6) is 0 Å². The molecule has 0 aliphatic heterocycles. The molecule has 0 bridgehead atoms. The van der Waals surface area contributed by atoms with Crippen LogP contribution in [0.4, 0.5) is 17.6 Å². The van der Waals surface area contributed by atoms with E-state index in [-0.39, 0.29) is 0 Å². The van der Waals surface area contributed by atoms with Gasteiger partial charge in [0.05, 0.1) is 0 Å². The predicted molar refractivity (Wildman–Crippen MR) is 32.6 cm³/mol. The van der Waals surface area contributed by atoms with Crippen LogP contribution < -0.4 is 0 Å². The monoisotopic (exact) mass is 222 g/mol. The Balaban J connectivity index is 4.61. The zero-order valence-corrected chi connectivity index (χ0v) is 6.53. The van der Waals surface area contributed by atoms with Crippen LogP contribution in [0.3, 0.4) is 0 Å². The van der Waals surface area contributed by atoms with Crippen molar-refractivity contribution in [3.05, 3.63) is 0 Å². The van der Waals surface area contributed by atoms with E-state index in [0.29, 0.717) is 0 Å². The van der Waals surface area contributed by atoms with Crippen molar-refractivity contribution in [2.75, 3.05) is 0 Å². The molecule has 4 nitrogen and oxygen atoms in total. The first-order valence-electron chi connectivity index (χ1n) is 2.52. The van der Waals surface area contributed by atoms with Crippen molar-refractivity contribution in [1.29, 1.82) is 0 Å². The third kappa shape index (κ3) is 3.19. The van der Waals surface area contributed by atoms with Gasteiger partial charge in [0.15, 0.2) is 0 Å². The number of ether oxygens (including phenoxy) is 1. The van der Waals surface area contributed by atoms with E-state index in [1.165, 1.54) is 0 Å². The summed E-state index contributed by atoms with van der Waals surface area (Å²) in [6.45, 7) is 0. The molecule has 0 spiro atoms. The second-order valence-electron chi connectivity index (χ2n) is 1.75. The molecule has 0 saturated carbocycles. The summed E-state index contributed by atoms with van der Waals surface area (Å²) in [4.78, 5) is 19.4. The van der Waals surface area contributed by atoms with E-state index < -0.39 is 23.3 Å². The molecule has 76 valence electrons. The van der Waals surface area contributed by atoms with E-state index in [1.807, 2.05) is 0 Å². The fourth-order valence-corrected chi connectivity index (χ4v) is 0.294. The number of hydrogen-bond acceptors (Lipinski definition) is 3. The van der Waals surface area contributed by atoms with Crippen molar-refractivity contribution in [2.45, 2.75) is 12.2 Å². The van der Waals surface area contributed by atoms with Gasteiger partial charge in [-0.15, -0.1) is 0 Å². The number of rotatable bonds is 4. The van der Waals surface area contributed by atoms with Gasteiger partial charge in [0.1, 0.15) is 0 Å². The Hall–Kier alpha value is -0.830. The molecule has 0 atom stereocenters. The summed E-state index contributed by atoms with van der Waals surface area (Å²) in [6.07, 6.45) is -10.1. The van der Waals surface area contributed by atoms with Crippen molar-refractivity contribution in [1.82, 2.24) is 0 Å². The highest BCUT2D eigenvalue weighted by Crippen LogP contribution is 2.28. The standard InChI is InChI=1S/C4H2F4O4S/c5-3(6,1(9)10)12-4(7,8)2(11)13/h(H,9,10)(H,11,13). The largest absolute Gasteiger partial charge is 0.475 e. The maximum absolute atomic E-state index is 12.0. The minimum absolute atomic E-state index is 2.31. The Morgan fingerprint density at radius 2 is 1.54 bits per heavy atom. The Morgan fingerprint density at radius 1 is 1.15 bits per heavy atom. The molecule has 0 aromatic rings. The molecule has 1 N–H and O–H groups in total. The summed E-state index contributed by atoms with van der Waals surface area (Å²) < 4.78 is 50.3. The van der Waals surface area contributed by atoms with Crippen molar-refractivity contribution in [2.24, 2.45) is 0 Å². The molecule has 0 radical (unpaired) electrons. The number of alkyl halides is 4. The molecule has 0 aromatic heterocycles. The van der Waals surface area contributed by atoms with Gasteiger partial charge < -0.3 is 5.11 Å². The predicted octanol–water partition coefficient (Wildman–Crippen LogP) is 0.730. The molecule has 0 rings (SSSR count). The molecule has 9 heteroatoms. The molecule has 0 fully saturated rings. The summed E-state index contributed by atoms with van der Waals surface area (Å²) in [5.41, 5.74) is 0. The summed E-state index contributed by atoms with van der Waals surface area (Å²) >= 11 is 2.52. The molecule has 0 saturated heterocycles. The molecule has 0 amide bonds. The fourth-order valence-electron chi connectivity index (χ4n) is 0.248. The highest BCUT2D eigenvalue weighted by Gasteiger charge is 2.53. The normalized spacial score (nSPS) is 12.7. The quantitative estimate of drug-likeness (QED) is 0.543. The number of carbonyl (C=O) groups is 2. The lowest BCUT2D eigenvalue weighted by Crippen LogP contribution is -2.42. The molecule has 0 aromatic carbocycles. The van der Waals surface area contributed by atoms with Crippen LogP contribution >= 0.6 is 12.6 Å². The van der Waals surface area contributed by atoms with Crippen LogP contribution in [-0.2, 0) is 14.3 Å². The smallest absolute Gasteiger partial charge is 0.460 e. The number of halogens is 4. The molecule has 0 heterocycles. The van der Waals surface area contributed by atoms with Crippen LogP contribution in [0.25, 0.3) is 0 Å². The maximum Gasteiger partial charge on any atom is 0.460 e. The number of hydrogen-bond donors (Lipinski definition) is 2. The van der Waals surface area contributed by atoms with Crippen LogP contribution in [0.15, 0.2) is 0 Å². The lowest BCUT2D eigenvalue weighted by atomic mass is 10.6. The minimum Gasteiger partial charge on any atom is -0.475 e. The molecule has 0 unspecified atom stereocenters. The molecule has 13 heavy (non-hydrogen) atoms. The molecular formula is C4H2F4O4S. The van der Waals surface area contributed by atoms with E-state index in [0.717, 1.165) is 0 Å². The van der Waals surface area contributed by atoms with E-state index in [4.69, 9.17) is 5.11 Å². The maximum atomic E-state index is 12.0. The second-order valence-corrected chi connectivity index (χ2v) is 2.15. The Morgan fingerprint density at radius 3 is 1.77 bits per heavy atom. The lowest BCUT2D eigenvalue weighted by molar-refractivity contribution is -0.343. The first kappa shape index (κ1) is 12.2. The average Bonchev–Trinajstić information content (AvgIpc) is 1.83. The molecular weight excluding hydrogens is 220 g/mol. The van der Waals surface area contributed by atoms with Gasteiger partial charge in [0.25, 0.3) is 5.12 Å². The van der Waals surface area contributed by atoms with Crippen LogP contribution in [0.1, 0.15) is 0 Å². The van der Waals surface area contributed by atoms with Crippen molar-refractivity contribution in [3.8, 4) is 0 Å². The average molecular weight is 222 g/mol. The Labute approximate surface area is 73.9 Å². The van der Waals surface area contributed by atoms with Gasteiger partial charge in [-0.05, 0) is 0 Å². The summed E-state index contributed by atoms with van der Waals surface area (Å²) in [5, 5.41) is 5.33. The van der Waals surface area contributed by atoms with Crippen molar-refractivity contribution in [3.63, 3.8) is 0 Å². The number of aliphatic carboxylic acids is 1. The lowest BCUT2D eigenvalue weighted by Gasteiger charge is -2.17. The van der Waals surface area contributed by atoms with Gasteiger partial charge in [-0.3, -0.25) is 4.79 Å². The highest BCUT2D eigenvalue weighted by atomic mass is 32.1. The van der Waals surface area contributed by atoms with Gasteiger partial charge in [-0.1, -0.05) is 12.6 Å². The summed E-state index contributed by atoms with van der Waals surface area (Å²) in [6, 6.07) is 0. The zero-order chi connectivity index (χ0) is 10.9. The van der Waals surface area contributed by atoms with Crippen molar-refractivity contribution < 1.29 is 37.0 Å². The van der Waals surface area contributed by atoms with Crippen molar-refractivity contribution >= 4 is 23.7 Å². The van der Waals surface area contributed by atoms with E-state index >= 15 is 0 Å². The Bertz CT molecular complexity index is 216. The van der Waals surface area contributed by atoms with Gasteiger partial charge in [-0.2, -0.15) is 17.6 Å². The topological polar surface area (TPSA) is 63.6 Å². The number of thiol groups is 1. The van der Waals surface area contributed by atoms with E-state index in [1.54, 1.807) is 0 Å². The number of carbonyl (C=O) groups excluding carboxylic acids is 1. The second kappa shape index (κ2) is 3.50. The highest BCUT2D eigenvalue weighted by molar-refractivity contribution is 7.96. The third-order valence-electron chi connectivity index (χ3n) is 0.754. The Kier molecular flexibility index (Phi) is 3.28. The van der Waals surface area contributed by atoms with Gasteiger partial charge in [-0.25, -0.2) is 9.53 Å². The first-order valence-corrected chi connectivity index (χ1v) is 2.97. The molecule has 0 aliphatic carbocycles. The SMILES string of the molecule is O=C(O)C(F)(F)OC(F)(F)C(=O)S. The van der Waals surface area contributed by atoms with Gasteiger partial charge >= 0.3 is 18.2 Å². The third-order valence-corrected chi connectivity index (χ3v) is 1.01. The van der Waals surface area contributed by atoms with Crippen LogP contribution in [-0.4, -0.2) is 28.4 Å². The number of carboxylic acids is 1. The minimum atomic E-state index is -5.14. The van der Waals surface area contributed by atoms with E-state index in [9.17, 15) is 27.2 Å². The van der Waals surface area contributed by atoms with Gasteiger partial charge in [0.2, 0.25) is 0 Å². The molecule has 0 aliphatic rings. The first-order chi connectivity index (χ1) is 5.59. The van der Waals surface area contributed by atoms with Gasteiger partial charge in [0, 0.05) is 0 Å². The summed E-state index contributed by atoms with van der Waals surface area (Å²) in [5.74, 6) is -2.93. The zero-order valence-electron chi connectivity index (χ0n) is 5.63.